The molecular formula is C13H18BrNO. The molecule has 1 amide bonds. The summed E-state index contributed by atoms with van der Waals surface area (Å²) >= 11 is 3.40. The summed E-state index contributed by atoms with van der Waals surface area (Å²) in [6.07, 6.45) is 1.54. The van der Waals surface area contributed by atoms with Crippen LogP contribution in [0.4, 0.5) is 0 Å². The number of rotatable bonds is 5. The van der Waals surface area contributed by atoms with Gasteiger partial charge in [-0.25, -0.2) is 0 Å². The number of nitrogens with one attached hydrogen (secondary N) is 1. The average Bonchev–Trinajstić information content (AvgIpc) is 2.27. The van der Waals surface area contributed by atoms with E-state index in [1.807, 2.05) is 12.1 Å². The quantitative estimate of drug-likeness (QED) is 0.881. The summed E-state index contributed by atoms with van der Waals surface area (Å²) in [7, 11) is 0. The number of hydrogen-bond acceptors (Lipinski definition) is 1. The standard InChI is InChI=1S/C13H18BrNO/c1-3-8-15-13(16)9-10(2)11-4-6-12(14)7-5-11/h4-7,10H,3,8-9H2,1-2H3,(H,15,16). The lowest BCUT2D eigenvalue weighted by Gasteiger charge is -2.11. The minimum Gasteiger partial charge on any atom is -0.356 e. The molecule has 0 aliphatic carbocycles. The fourth-order valence-corrected chi connectivity index (χ4v) is 1.79. The van der Waals surface area contributed by atoms with Gasteiger partial charge in [-0.1, -0.05) is 41.9 Å². The van der Waals surface area contributed by atoms with Gasteiger partial charge in [-0.15, -0.1) is 0 Å². The molecule has 0 saturated heterocycles. The molecule has 0 saturated carbocycles. The lowest BCUT2D eigenvalue weighted by Crippen LogP contribution is -2.25. The van der Waals surface area contributed by atoms with E-state index in [4.69, 9.17) is 0 Å². The summed E-state index contributed by atoms with van der Waals surface area (Å²) in [6, 6.07) is 8.13. The molecule has 0 heterocycles. The van der Waals surface area contributed by atoms with Crippen LogP contribution in [0.2, 0.25) is 0 Å². The molecule has 0 radical (unpaired) electrons. The van der Waals surface area contributed by atoms with Crippen LogP contribution in [0.5, 0.6) is 0 Å². The third-order valence-electron chi connectivity index (χ3n) is 2.50. The molecule has 1 unspecified atom stereocenters. The van der Waals surface area contributed by atoms with Gasteiger partial charge < -0.3 is 5.32 Å². The van der Waals surface area contributed by atoms with Crippen LogP contribution >= 0.6 is 15.9 Å². The van der Waals surface area contributed by atoms with Gasteiger partial charge >= 0.3 is 0 Å². The van der Waals surface area contributed by atoms with Gasteiger partial charge in [-0.05, 0) is 30.0 Å². The second-order valence-corrected chi connectivity index (χ2v) is 4.92. The highest BCUT2D eigenvalue weighted by molar-refractivity contribution is 9.10. The first kappa shape index (κ1) is 13.2. The Hall–Kier alpha value is -0.830. The molecule has 16 heavy (non-hydrogen) atoms. The van der Waals surface area contributed by atoms with E-state index in [0.717, 1.165) is 17.4 Å². The van der Waals surface area contributed by atoms with Crippen molar-refractivity contribution < 1.29 is 4.79 Å². The van der Waals surface area contributed by atoms with Crippen molar-refractivity contribution in [1.29, 1.82) is 0 Å². The summed E-state index contributed by atoms with van der Waals surface area (Å²) < 4.78 is 1.07. The van der Waals surface area contributed by atoms with Crippen LogP contribution < -0.4 is 5.32 Å². The van der Waals surface area contributed by atoms with Gasteiger partial charge in [0.25, 0.3) is 0 Å². The van der Waals surface area contributed by atoms with Crippen molar-refractivity contribution in [2.75, 3.05) is 6.54 Å². The highest BCUT2D eigenvalue weighted by atomic mass is 79.9. The molecule has 88 valence electrons. The molecule has 0 bridgehead atoms. The first-order valence-electron chi connectivity index (χ1n) is 5.65. The van der Waals surface area contributed by atoms with Crippen LogP contribution in [0.1, 0.15) is 38.2 Å². The number of halogens is 1. The predicted octanol–water partition coefficient (Wildman–Crippen LogP) is 3.47. The van der Waals surface area contributed by atoms with Gasteiger partial charge in [0.1, 0.15) is 0 Å². The fourth-order valence-electron chi connectivity index (χ4n) is 1.52. The molecule has 1 N–H and O–H groups in total. The van der Waals surface area contributed by atoms with Crippen molar-refractivity contribution in [3.8, 4) is 0 Å². The third kappa shape index (κ3) is 4.35. The zero-order chi connectivity index (χ0) is 12.0. The van der Waals surface area contributed by atoms with Gasteiger partial charge in [-0.3, -0.25) is 4.79 Å². The zero-order valence-corrected chi connectivity index (χ0v) is 11.4. The van der Waals surface area contributed by atoms with E-state index in [2.05, 4.69) is 47.2 Å². The van der Waals surface area contributed by atoms with Crippen LogP contribution in [0.3, 0.4) is 0 Å². The van der Waals surface area contributed by atoms with E-state index >= 15 is 0 Å². The van der Waals surface area contributed by atoms with E-state index < -0.39 is 0 Å². The van der Waals surface area contributed by atoms with Crippen LogP contribution in [-0.4, -0.2) is 12.5 Å². The van der Waals surface area contributed by atoms with E-state index in [1.165, 1.54) is 5.56 Å². The number of carbonyl (C=O) groups is 1. The van der Waals surface area contributed by atoms with Crippen LogP contribution in [-0.2, 0) is 4.79 Å². The van der Waals surface area contributed by atoms with Crippen LogP contribution in [0, 0.1) is 0 Å². The Bertz CT molecular complexity index is 334. The number of hydrogen-bond donors (Lipinski definition) is 1. The van der Waals surface area contributed by atoms with Gasteiger partial charge in [0, 0.05) is 17.4 Å². The van der Waals surface area contributed by atoms with Crippen LogP contribution in [0.25, 0.3) is 0 Å². The van der Waals surface area contributed by atoms with Gasteiger partial charge in [0.05, 0.1) is 0 Å². The maximum atomic E-state index is 11.5. The monoisotopic (exact) mass is 283 g/mol. The van der Waals surface area contributed by atoms with Crippen molar-refractivity contribution in [3.05, 3.63) is 34.3 Å². The lowest BCUT2D eigenvalue weighted by molar-refractivity contribution is -0.121. The second-order valence-electron chi connectivity index (χ2n) is 4.01. The minimum atomic E-state index is 0.136. The molecule has 1 rings (SSSR count). The fraction of sp³-hybridized carbons (Fsp3) is 0.462. The maximum absolute atomic E-state index is 11.5. The van der Waals surface area contributed by atoms with Gasteiger partial charge in [0.15, 0.2) is 0 Å². The van der Waals surface area contributed by atoms with Crippen molar-refractivity contribution in [1.82, 2.24) is 5.32 Å². The molecule has 0 spiro atoms. The molecule has 0 aliphatic heterocycles. The highest BCUT2D eigenvalue weighted by Crippen LogP contribution is 2.20. The number of amides is 1. The van der Waals surface area contributed by atoms with Crippen LogP contribution in [0.15, 0.2) is 28.7 Å². The molecule has 1 aromatic carbocycles. The smallest absolute Gasteiger partial charge is 0.220 e. The van der Waals surface area contributed by atoms with E-state index in [-0.39, 0.29) is 11.8 Å². The third-order valence-corrected chi connectivity index (χ3v) is 3.03. The predicted molar refractivity (Wildman–Crippen MR) is 70.5 cm³/mol. The Morgan fingerprint density at radius 3 is 2.56 bits per heavy atom. The number of benzene rings is 1. The summed E-state index contributed by atoms with van der Waals surface area (Å²) in [6.45, 7) is 4.90. The van der Waals surface area contributed by atoms with Crippen molar-refractivity contribution in [3.63, 3.8) is 0 Å². The Morgan fingerprint density at radius 2 is 2.00 bits per heavy atom. The summed E-state index contributed by atoms with van der Waals surface area (Å²) in [5.74, 6) is 0.405. The molecule has 3 heteroatoms. The van der Waals surface area contributed by atoms with E-state index in [1.54, 1.807) is 0 Å². The molecule has 1 atom stereocenters. The molecular weight excluding hydrogens is 266 g/mol. The summed E-state index contributed by atoms with van der Waals surface area (Å²) in [4.78, 5) is 11.5. The van der Waals surface area contributed by atoms with E-state index in [0.29, 0.717) is 6.42 Å². The first-order valence-corrected chi connectivity index (χ1v) is 6.45. The molecule has 2 nitrogen and oxygen atoms in total. The first-order chi connectivity index (χ1) is 7.63. The molecule has 0 fully saturated rings. The minimum absolute atomic E-state index is 0.136. The zero-order valence-electron chi connectivity index (χ0n) is 9.79. The van der Waals surface area contributed by atoms with Gasteiger partial charge in [-0.2, -0.15) is 0 Å². The van der Waals surface area contributed by atoms with Crippen molar-refractivity contribution in [2.24, 2.45) is 0 Å². The largest absolute Gasteiger partial charge is 0.356 e. The lowest BCUT2D eigenvalue weighted by atomic mass is 9.97. The SMILES string of the molecule is CCCNC(=O)CC(C)c1ccc(Br)cc1. The average molecular weight is 284 g/mol. The Morgan fingerprint density at radius 1 is 1.38 bits per heavy atom. The normalized spacial score (nSPS) is 12.2. The summed E-state index contributed by atoms with van der Waals surface area (Å²) in [5, 5.41) is 2.90. The highest BCUT2D eigenvalue weighted by Gasteiger charge is 2.10. The molecule has 0 aromatic heterocycles. The van der Waals surface area contributed by atoms with Crippen molar-refractivity contribution >= 4 is 21.8 Å². The Kier molecular flexibility index (Phi) is 5.53. The van der Waals surface area contributed by atoms with Crippen molar-refractivity contribution in [2.45, 2.75) is 32.6 Å². The second kappa shape index (κ2) is 6.69. The molecule has 0 aliphatic rings. The Balaban J connectivity index is 2.48. The topological polar surface area (TPSA) is 29.1 Å². The number of carbonyl (C=O) groups excluding carboxylic acids is 1. The maximum Gasteiger partial charge on any atom is 0.220 e. The molecule has 1 aromatic rings. The summed E-state index contributed by atoms with van der Waals surface area (Å²) in [5.41, 5.74) is 1.20. The van der Waals surface area contributed by atoms with E-state index in [9.17, 15) is 4.79 Å². The Labute approximate surface area is 106 Å². The van der Waals surface area contributed by atoms with Gasteiger partial charge in [0.2, 0.25) is 5.91 Å².